The number of hydrogen-bond donors (Lipinski definition) is 0. The number of fused-ring (bicyclic) bond motifs is 1. The van der Waals surface area contributed by atoms with E-state index in [4.69, 9.17) is 4.98 Å². The largest absolute Gasteiger partial charge is 0.283 e. The third-order valence-electron chi connectivity index (χ3n) is 4.91. The minimum atomic E-state index is 0.0579. The molecule has 140 valence electrons. The molecule has 0 atom stereocenters. The molecule has 0 fully saturated rings. The Morgan fingerprint density at radius 2 is 1.50 bits per heavy atom. The topological polar surface area (TPSA) is 33.2 Å². The maximum atomic E-state index is 13.2. The van der Waals surface area contributed by atoms with Crippen LogP contribution in [-0.4, -0.2) is 10.9 Å². The van der Waals surface area contributed by atoms with Gasteiger partial charge in [0.2, 0.25) is 5.91 Å². The number of hydrogen-bond acceptors (Lipinski definition) is 3. The number of carbonyl (C=O) groups is 1. The number of anilines is 1. The number of carbonyl (C=O) groups excluding carboxylic acids is 1. The van der Waals surface area contributed by atoms with E-state index < -0.39 is 0 Å². The van der Waals surface area contributed by atoms with Gasteiger partial charge in [0.05, 0.1) is 23.2 Å². The fourth-order valence-corrected chi connectivity index (χ4v) is 4.24. The lowest BCUT2D eigenvalue weighted by molar-refractivity contribution is -0.118. The summed E-state index contributed by atoms with van der Waals surface area (Å²) in [5.74, 6) is 0.0579. The highest BCUT2D eigenvalue weighted by Gasteiger charge is 2.20. The average Bonchev–Trinajstić information content (AvgIpc) is 3.10. The van der Waals surface area contributed by atoms with Gasteiger partial charge in [0, 0.05) is 0 Å². The molecule has 1 heterocycles. The van der Waals surface area contributed by atoms with Crippen molar-refractivity contribution in [1.29, 1.82) is 0 Å². The molecule has 0 aliphatic rings. The first-order valence-corrected chi connectivity index (χ1v) is 10.2. The molecule has 0 saturated heterocycles. The third kappa shape index (κ3) is 3.97. The molecule has 4 heteroatoms. The fraction of sp³-hybridized carbons (Fsp3) is 0.167. The number of aryl methyl sites for hydroxylation is 2. The monoisotopic (exact) mass is 386 g/mol. The van der Waals surface area contributed by atoms with E-state index in [1.807, 2.05) is 65.6 Å². The van der Waals surface area contributed by atoms with E-state index in [-0.39, 0.29) is 5.91 Å². The van der Waals surface area contributed by atoms with Gasteiger partial charge in [0.25, 0.3) is 0 Å². The van der Waals surface area contributed by atoms with Crippen LogP contribution in [0.2, 0.25) is 0 Å². The van der Waals surface area contributed by atoms with Gasteiger partial charge in [0.1, 0.15) is 0 Å². The number of thiazole rings is 1. The Morgan fingerprint density at radius 1 is 0.893 bits per heavy atom. The maximum absolute atomic E-state index is 13.2. The molecule has 3 aromatic carbocycles. The molecule has 28 heavy (non-hydrogen) atoms. The van der Waals surface area contributed by atoms with Crippen LogP contribution in [0.15, 0.2) is 72.8 Å². The van der Waals surface area contributed by atoms with Crippen LogP contribution >= 0.6 is 11.3 Å². The lowest BCUT2D eigenvalue weighted by Crippen LogP contribution is -2.31. The van der Waals surface area contributed by atoms with Gasteiger partial charge in [0.15, 0.2) is 5.13 Å². The van der Waals surface area contributed by atoms with Crippen LogP contribution in [-0.2, 0) is 17.8 Å². The summed E-state index contributed by atoms with van der Waals surface area (Å²) in [5.41, 5.74) is 5.52. The zero-order chi connectivity index (χ0) is 19.5. The Bertz CT molecular complexity index is 1060. The van der Waals surface area contributed by atoms with Crippen molar-refractivity contribution < 1.29 is 4.79 Å². The highest BCUT2D eigenvalue weighted by Crippen LogP contribution is 2.32. The van der Waals surface area contributed by atoms with Gasteiger partial charge in [-0.15, -0.1) is 0 Å². The quantitative estimate of drug-likeness (QED) is 0.441. The normalized spacial score (nSPS) is 10.9. The van der Waals surface area contributed by atoms with E-state index >= 15 is 0 Å². The molecule has 0 bridgehead atoms. The van der Waals surface area contributed by atoms with Crippen LogP contribution in [0.3, 0.4) is 0 Å². The third-order valence-corrected chi connectivity index (χ3v) is 5.95. The SMILES string of the molecule is Cc1cc2nc(N(Cc3ccccc3)C(=O)Cc3ccccc3)sc2cc1C. The summed E-state index contributed by atoms with van der Waals surface area (Å²) in [6.45, 7) is 4.72. The lowest BCUT2D eigenvalue weighted by Gasteiger charge is -2.20. The van der Waals surface area contributed by atoms with Crippen LogP contribution in [0.1, 0.15) is 22.3 Å². The summed E-state index contributed by atoms with van der Waals surface area (Å²) in [6.07, 6.45) is 0.363. The zero-order valence-corrected chi connectivity index (χ0v) is 16.9. The van der Waals surface area contributed by atoms with Gasteiger partial charge >= 0.3 is 0 Å². The zero-order valence-electron chi connectivity index (χ0n) is 16.1. The molecule has 4 rings (SSSR count). The van der Waals surface area contributed by atoms with Crippen LogP contribution in [0.25, 0.3) is 10.2 Å². The number of amides is 1. The highest BCUT2D eigenvalue weighted by molar-refractivity contribution is 7.22. The van der Waals surface area contributed by atoms with Crippen molar-refractivity contribution in [2.24, 2.45) is 0 Å². The number of benzene rings is 3. The Labute approximate surface area is 169 Å². The second-order valence-corrected chi connectivity index (χ2v) is 8.04. The van der Waals surface area contributed by atoms with E-state index in [2.05, 4.69) is 26.0 Å². The van der Waals surface area contributed by atoms with E-state index in [9.17, 15) is 4.79 Å². The Hall–Kier alpha value is -2.98. The summed E-state index contributed by atoms with van der Waals surface area (Å²) in [7, 11) is 0. The van der Waals surface area contributed by atoms with Crippen molar-refractivity contribution in [2.45, 2.75) is 26.8 Å². The van der Waals surface area contributed by atoms with Crippen molar-refractivity contribution >= 4 is 32.6 Å². The van der Waals surface area contributed by atoms with E-state index in [0.29, 0.717) is 13.0 Å². The smallest absolute Gasteiger partial charge is 0.233 e. The average molecular weight is 387 g/mol. The van der Waals surface area contributed by atoms with Gasteiger partial charge in [-0.2, -0.15) is 0 Å². The first-order chi connectivity index (χ1) is 13.6. The van der Waals surface area contributed by atoms with Crippen molar-refractivity contribution in [3.05, 3.63) is 95.1 Å². The van der Waals surface area contributed by atoms with Gasteiger partial charge < -0.3 is 0 Å². The first kappa shape index (κ1) is 18.4. The number of aromatic nitrogens is 1. The molecule has 0 radical (unpaired) electrons. The molecule has 0 spiro atoms. The summed E-state index contributed by atoms with van der Waals surface area (Å²) in [6, 6.07) is 24.2. The minimum absolute atomic E-state index is 0.0579. The van der Waals surface area contributed by atoms with Crippen LogP contribution < -0.4 is 4.90 Å². The maximum Gasteiger partial charge on any atom is 0.233 e. The van der Waals surface area contributed by atoms with Gasteiger partial charge in [-0.25, -0.2) is 4.98 Å². The van der Waals surface area contributed by atoms with E-state index in [0.717, 1.165) is 26.5 Å². The number of rotatable bonds is 5. The molecule has 3 nitrogen and oxygen atoms in total. The fourth-order valence-electron chi connectivity index (χ4n) is 3.18. The molecule has 1 aromatic heterocycles. The summed E-state index contributed by atoms with van der Waals surface area (Å²) < 4.78 is 1.11. The van der Waals surface area contributed by atoms with Gasteiger partial charge in [-0.3, -0.25) is 9.69 Å². The van der Waals surface area contributed by atoms with Crippen LogP contribution in [0, 0.1) is 13.8 Å². The molecule has 1 amide bonds. The van der Waals surface area contributed by atoms with Crippen LogP contribution in [0.5, 0.6) is 0 Å². The standard InChI is InChI=1S/C24H22N2OS/c1-17-13-21-22(14-18(17)2)28-24(25-21)26(16-20-11-7-4-8-12-20)23(27)15-19-9-5-3-6-10-19/h3-14H,15-16H2,1-2H3. The molecule has 0 aliphatic carbocycles. The van der Waals surface area contributed by atoms with Gasteiger partial charge in [-0.1, -0.05) is 72.0 Å². The van der Waals surface area contributed by atoms with E-state index in [1.54, 1.807) is 11.3 Å². The second kappa shape index (κ2) is 7.95. The van der Waals surface area contributed by atoms with E-state index in [1.165, 1.54) is 11.1 Å². The molecular formula is C24H22N2OS. The first-order valence-electron chi connectivity index (χ1n) is 9.36. The van der Waals surface area contributed by atoms with Crippen molar-refractivity contribution in [3.63, 3.8) is 0 Å². The predicted molar refractivity (Wildman–Crippen MR) is 117 cm³/mol. The molecular weight excluding hydrogens is 364 g/mol. The Morgan fingerprint density at radius 3 is 2.18 bits per heavy atom. The molecule has 4 aromatic rings. The van der Waals surface area contributed by atoms with Crippen LogP contribution in [0.4, 0.5) is 5.13 Å². The van der Waals surface area contributed by atoms with Crippen molar-refractivity contribution in [2.75, 3.05) is 4.90 Å². The van der Waals surface area contributed by atoms with Crippen molar-refractivity contribution in [3.8, 4) is 0 Å². The van der Waals surface area contributed by atoms with Gasteiger partial charge in [-0.05, 0) is 48.2 Å². The Kier molecular flexibility index (Phi) is 5.22. The molecule has 0 unspecified atom stereocenters. The summed E-state index contributed by atoms with van der Waals surface area (Å²) in [5, 5.41) is 0.754. The van der Waals surface area contributed by atoms with Crippen molar-refractivity contribution in [1.82, 2.24) is 4.98 Å². The lowest BCUT2D eigenvalue weighted by atomic mass is 10.1. The summed E-state index contributed by atoms with van der Waals surface area (Å²) >= 11 is 1.58. The second-order valence-electron chi connectivity index (χ2n) is 7.03. The number of nitrogens with zero attached hydrogens (tertiary/aromatic N) is 2. The molecule has 0 saturated carbocycles. The Balaban J connectivity index is 1.70. The highest BCUT2D eigenvalue weighted by atomic mass is 32.1. The predicted octanol–water partition coefficient (Wildman–Crippen LogP) is 5.69. The molecule has 0 N–H and O–H groups in total. The molecule has 0 aliphatic heterocycles. The summed E-state index contributed by atoms with van der Waals surface area (Å²) in [4.78, 5) is 19.8. The minimum Gasteiger partial charge on any atom is -0.283 e.